The molecular formula is C25H25BrN6O3. The summed E-state index contributed by atoms with van der Waals surface area (Å²) in [4.78, 5) is 45.8. The van der Waals surface area contributed by atoms with E-state index < -0.39 is 11.6 Å². The zero-order chi connectivity index (χ0) is 24.6. The lowest BCUT2D eigenvalue weighted by atomic mass is 9.85. The molecule has 2 aromatic heterocycles. The van der Waals surface area contributed by atoms with Crippen LogP contribution < -0.4 is 14.5 Å². The van der Waals surface area contributed by atoms with E-state index in [9.17, 15) is 9.59 Å². The molecule has 3 aromatic rings. The zero-order valence-electron chi connectivity index (χ0n) is 19.5. The van der Waals surface area contributed by atoms with Gasteiger partial charge >= 0.3 is 6.03 Å². The van der Waals surface area contributed by atoms with Crippen molar-refractivity contribution >= 4 is 39.4 Å². The molecule has 0 atom stereocenters. The van der Waals surface area contributed by atoms with Crippen LogP contribution in [0.25, 0.3) is 0 Å². The largest absolute Gasteiger partial charge is 0.481 e. The molecule has 10 heteroatoms. The number of imide groups is 1. The topological polar surface area (TPSA) is 91.8 Å². The average molecular weight is 537 g/mol. The first-order valence-corrected chi connectivity index (χ1v) is 12.2. The zero-order valence-corrected chi connectivity index (χ0v) is 21.1. The van der Waals surface area contributed by atoms with Crippen LogP contribution >= 0.6 is 15.9 Å². The minimum atomic E-state index is -1.04. The normalized spacial score (nSPS) is 17.9. The van der Waals surface area contributed by atoms with Gasteiger partial charge in [-0.25, -0.2) is 19.7 Å². The smallest absolute Gasteiger partial charge is 0.338 e. The lowest BCUT2D eigenvalue weighted by molar-refractivity contribution is -0.123. The SMILES string of the molecule is COc1cc(N2C(=O)N(c3ccc(Br)cc3)C(=O)C23CCN(Cc2ncccc2C)CC3)ncn1. The number of methoxy groups -OCH3 is 1. The van der Waals surface area contributed by atoms with E-state index in [0.717, 1.165) is 15.7 Å². The molecule has 2 saturated heterocycles. The maximum atomic E-state index is 14.0. The monoisotopic (exact) mass is 536 g/mol. The van der Waals surface area contributed by atoms with Crippen LogP contribution in [0.15, 0.2) is 59.5 Å². The predicted octanol–water partition coefficient (Wildman–Crippen LogP) is 3.96. The number of ether oxygens (including phenoxy) is 1. The first-order chi connectivity index (χ1) is 16.9. The Morgan fingerprint density at radius 2 is 1.80 bits per heavy atom. The summed E-state index contributed by atoms with van der Waals surface area (Å²) in [5, 5.41) is 0. The lowest BCUT2D eigenvalue weighted by Gasteiger charge is -2.41. The van der Waals surface area contributed by atoms with Crippen molar-refractivity contribution in [2.45, 2.75) is 31.8 Å². The van der Waals surface area contributed by atoms with Crippen molar-refractivity contribution in [1.82, 2.24) is 19.9 Å². The predicted molar refractivity (Wildman–Crippen MR) is 134 cm³/mol. The van der Waals surface area contributed by atoms with Gasteiger partial charge in [-0.05, 0) is 55.7 Å². The van der Waals surface area contributed by atoms with Crippen molar-refractivity contribution in [3.8, 4) is 5.88 Å². The van der Waals surface area contributed by atoms with E-state index in [2.05, 4.69) is 35.8 Å². The highest BCUT2D eigenvalue weighted by molar-refractivity contribution is 9.10. The van der Waals surface area contributed by atoms with Gasteiger partial charge in [0.25, 0.3) is 5.91 Å². The number of rotatable bonds is 5. The quantitative estimate of drug-likeness (QED) is 0.455. The number of hydrogen-bond donors (Lipinski definition) is 0. The molecule has 2 aliphatic heterocycles. The van der Waals surface area contributed by atoms with Crippen molar-refractivity contribution in [2.24, 2.45) is 0 Å². The van der Waals surface area contributed by atoms with E-state index in [1.54, 1.807) is 24.4 Å². The van der Waals surface area contributed by atoms with Gasteiger partial charge in [-0.15, -0.1) is 0 Å². The number of aryl methyl sites for hydroxylation is 1. The van der Waals surface area contributed by atoms with Gasteiger partial charge in [0.15, 0.2) is 0 Å². The van der Waals surface area contributed by atoms with Crippen molar-refractivity contribution in [2.75, 3.05) is 30.0 Å². The van der Waals surface area contributed by atoms with E-state index in [0.29, 0.717) is 49.9 Å². The van der Waals surface area contributed by atoms with Crippen molar-refractivity contribution in [1.29, 1.82) is 0 Å². The Bertz CT molecular complexity index is 1260. The Labute approximate surface area is 211 Å². The number of benzene rings is 1. The molecule has 2 fully saturated rings. The number of hydrogen-bond acceptors (Lipinski definition) is 7. The van der Waals surface area contributed by atoms with Crippen LogP contribution in [0.5, 0.6) is 5.88 Å². The molecule has 0 saturated carbocycles. The van der Waals surface area contributed by atoms with E-state index in [1.807, 2.05) is 31.2 Å². The van der Waals surface area contributed by atoms with Crippen LogP contribution in [-0.2, 0) is 11.3 Å². The Hall–Kier alpha value is -3.37. The van der Waals surface area contributed by atoms with Crippen LogP contribution in [0.3, 0.4) is 0 Å². The highest BCUT2D eigenvalue weighted by Crippen LogP contribution is 2.42. The van der Waals surface area contributed by atoms with Gasteiger partial charge in [0, 0.05) is 36.4 Å². The maximum Gasteiger partial charge on any atom is 0.338 e. The third kappa shape index (κ3) is 4.17. The van der Waals surface area contributed by atoms with Gasteiger partial charge in [0.1, 0.15) is 17.7 Å². The van der Waals surface area contributed by atoms with Crippen LogP contribution in [0.4, 0.5) is 16.3 Å². The number of pyridine rings is 1. The second-order valence-corrected chi connectivity index (χ2v) is 9.64. The second kappa shape index (κ2) is 9.35. The molecule has 0 radical (unpaired) electrons. The molecule has 4 heterocycles. The fourth-order valence-corrected chi connectivity index (χ4v) is 5.05. The molecule has 35 heavy (non-hydrogen) atoms. The summed E-state index contributed by atoms with van der Waals surface area (Å²) in [5.74, 6) is 0.440. The Morgan fingerprint density at radius 3 is 2.49 bits per heavy atom. The van der Waals surface area contributed by atoms with Gasteiger partial charge in [-0.3, -0.25) is 19.6 Å². The summed E-state index contributed by atoms with van der Waals surface area (Å²) in [6.45, 7) is 4.03. The summed E-state index contributed by atoms with van der Waals surface area (Å²) in [6.07, 6.45) is 4.10. The number of amides is 3. The van der Waals surface area contributed by atoms with Crippen LogP contribution in [-0.4, -0.2) is 57.5 Å². The minimum absolute atomic E-state index is 0.240. The fourth-order valence-electron chi connectivity index (χ4n) is 4.79. The standard InChI is InChI=1S/C25H25BrN6O3/c1-17-4-3-11-27-20(17)15-30-12-9-25(10-13-30)23(33)31(19-7-5-18(26)6-8-19)24(34)32(25)21-14-22(35-2)29-16-28-21/h3-8,11,14,16H,9-10,12-13,15H2,1-2H3. The number of nitrogens with zero attached hydrogens (tertiary/aromatic N) is 6. The number of anilines is 2. The molecule has 0 unspecified atom stereocenters. The third-order valence-corrected chi connectivity index (χ3v) is 7.27. The molecule has 0 aliphatic carbocycles. The van der Waals surface area contributed by atoms with Crippen LogP contribution in [0.1, 0.15) is 24.1 Å². The molecular weight excluding hydrogens is 512 g/mol. The summed E-state index contributed by atoms with van der Waals surface area (Å²) in [5.41, 5.74) is 1.64. The van der Waals surface area contributed by atoms with Crippen molar-refractivity contribution in [3.63, 3.8) is 0 Å². The molecule has 9 nitrogen and oxygen atoms in total. The van der Waals surface area contributed by atoms with Gasteiger partial charge in [-0.1, -0.05) is 22.0 Å². The molecule has 1 spiro atoms. The first-order valence-electron chi connectivity index (χ1n) is 11.4. The number of carbonyl (C=O) groups is 2. The summed E-state index contributed by atoms with van der Waals surface area (Å²) >= 11 is 3.42. The number of urea groups is 1. The van der Waals surface area contributed by atoms with E-state index >= 15 is 0 Å². The molecule has 180 valence electrons. The molecule has 3 amide bonds. The molecule has 0 bridgehead atoms. The Balaban J connectivity index is 1.49. The first kappa shape index (κ1) is 23.4. The Kier molecular flexibility index (Phi) is 6.24. The summed E-state index contributed by atoms with van der Waals surface area (Å²) in [6, 6.07) is 12.3. The maximum absolute atomic E-state index is 14.0. The summed E-state index contributed by atoms with van der Waals surface area (Å²) < 4.78 is 6.13. The average Bonchev–Trinajstić information content (AvgIpc) is 3.08. The molecule has 2 aliphatic rings. The third-order valence-electron chi connectivity index (χ3n) is 6.74. The van der Waals surface area contributed by atoms with Crippen molar-refractivity contribution < 1.29 is 14.3 Å². The van der Waals surface area contributed by atoms with Gasteiger partial charge in [0.2, 0.25) is 5.88 Å². The number of aromatic nitrogens is 3. The molecule has 5 rings (SSSR count). The van der Waals surface area contributed by atoms with Crippen molar-refractivity contribution in [3.05, 3.63) is 70.7 Å². The molecule has 0 N–H and O–H groups in total. The number of carbonyl (C=O) groups excluding carboxylic acids is 2. The Morgan fingerprint density at radius 1 is 1.06 bits per heavy atom. The summed E-state index contributed by atoms with van der Waals surface area (Å²) in [7, 11) is 1.51. The van der Waals surface area contributed by atoms with Gasteiger partial charge in [0.05, 0.1) is 18.5 Å². The number of halogens is 1. The van der Waals surface area contributed by atoms with Crippen LogP contribution in [0, 0.1) is 6.92 Å². The van der Waals surface area contributed by atoms with E-state index in [1.165, 1.54) is 23.2 Å². The highest BCUT2D eigenvalue weighted by atomic mass is 79.9. The van der Waals surface area contributed by atoms with Crippen LogP contribution in [0.2, 0.25) is 0 Å². The molecule has 1 aromatic carbocycles. The fraction of sp³-hybridized carbons (Fsp3) is 0.320. The lowest BCUT2D eigenvalue weighted by Crippen LogP contribution is -2.57. The van der Waals surface area contributed by atoms with E-state index in [4.69, 9.17) is 4.74 Å². The van der Waals surface area contributed by atoms with E-state index in [-0.39, 0.29) is 5.91 Å². The second-order valence-electron chi connectivity index (χ2n) is 8.73. The minimum Gasteiger partial charge on any atom is -0.481 e. The van der Waals surface area contributed by atoms with Gasteiger partial charge < -0.3 is 4.74 Å². The number of piperidine rings is 1. The highest BCUT2D eigenvalue weighted by Gasteiger charge is 2.59. The number of likely N-dealkylation sites (tertiary alicyclic amines) is 1. The van der Waals surface area contributed by atoms with Gasteiger partial charge in [-0.2, -0.15) is 0 Å².